The third kappa shape index (κ3) is 3.92. The van der Waals surface area contributed by atoms with Gasteiger partial charge in [-0.2, -0.15) is 0 Å². The molecule has 3 aromatic carbocycles. The van der Waals surface area contributed by atoms with E-state index in [4.69, 9.17) is 11.6 Å². The Morgan fingerprint density at radius 2 is 1.52 bits per heavy atom. The molecule has 29 heavy (non-hydrogen) atoms. The van der Waals surface area contributed by atoms with E-state index in [-0.39, 0.29) is 17.5 Å². The number of halogens is 1. The fourth-order valence-electron chi connectivity index (χ4n) is 3.03. The number of rotatable bonds is 5. The number of benzene rings is 3. The van der Waals surface area contributed by atoms with Gasteiger partial charge in [0, 0.05) is 15.6 Å². The maximum atomic E-state index is 13.2. The van der Waals surface area contributed by atoms with Crippen LogP contribution in [0.1, 0.15) is 5.56 Å². The van der Waals surface area contributed by atoms with Crippen molar-refractivity contribution in [3.8, 4) is 0 Å². The summed E-state index contributed by atoms with van der Waals surface area (Å²) in [6.45, 7) is 1.90. The number of hydrogen-bond acceptors (Lipinski definition) is 4. The minimum absolute atomic E-state index is 0.262. The molecule has 0 bridgehead atoms. The lowest BCUT2D eigenvalue weighted by atomic mass is 10.2. The Morgan fingerprint density at radius 3 is 2.17 bits per heavy atom. The average Bonchev–Trinajstić information content (AvgIpc) is 2.95. The first-order valence-electron chi connectivity index (χ1n) is 8.99. The molecule has 0 radical (unpaired) electrons. The van der Waals surface area contributed by atoms with Crippen LogP contribution in [0, 0.1) is 6.92 Å². The number of anilines is 2. The second-order valence-corrected chi connectivity index (χ2v) is 8.00. The van der Waals surface area contributed by atoms with Gasteiger partial charge in [-0.3, -0.25) is 9.59 Å². The number of amides is 2. The van der Waals surface area contributed by atoms with Crippen LogP contribution < -0.4 is 10.2 Å². The molecule has 144 valence electrons. The normalized spacial score (nSPS) is 13.9. The first kappa shape index (κ1) is 19.3. The van der Waals surface area contributed by atoms with E-state index in [0.29, 0.717) is 15.6 Å². The van der Waals surface area contributed by atoms with Crippen molar-refractivity contribution in [2.24, 2.45) is 0 Å². The Bertz CT molecular complexity index is 1110. The summed E-state index contributed by atoms with van der Waals surface area (Å²) in [6.07, 6.45) is 0. The van der Waals surface area contributed by atoms with Gasteiger partial charge in [0.15, 0.2) is 0 Å². The fourth-order valence-corrected chi connectivity index (χ4v) is 4.21. The van der Waals surface area contributed by atoms with Gasteiger partial charge in [0.2, 0.25) is 0 Å². The summed E-state index contributed by atoms with van der Waals surface area (Å²) in [5.41, 5.74) is 2.41. The van der Waals surface area contributed by atoms with E-state index in [1.807, 2.05) is 49.4 Å². The number of hydrogen-bond donors (Lipinski definition) is 1. The van der Waals surface area contributed by atoms with E-state index in [2.05, 4.69) is 5.32 Å². The lowest BCUT2D eigenvalue weighted by Crippen LogP contribution is -2.32. The average molecular weight is 421 g/mol. The molecule has 0 saturated heterocycles. The zero-order chi connectivity index (χ0) is 20.4. The van der Waals surface area contributed by atoms with Crippen LogP contribution in [-0.2, 0) is 9.59 Å². The number of para-hydroxylation sites is 1. The van der Waals surface area contributed by atoms with Gasteiger partial charge in [-0.15, -0.1) is 0 Å². The highest BCUT2D eigenvalue weighted by Crippen LogP contribution is 2.38. The first-order valence-corrected chi connectivity index (χ1v) is 10.2. The molecule has 4 nitrogen and oxygen atoms in total. The molecule has 0 saturated carbocycles. The lowest BCUT2D eigenvalue weighted by molar-refractivity contribution is -0.120. The van der Waals surface area contributed by atoms with Crippen molar-refractivity contribution in [3.63, 3.8) is 0 Å². The SMILES string of the molecule is Cc1cc(Cl)ccc1NC1=C(Sc2ccccc2)C(=O)N(c2ccccc2)C1=O. The highest BCUT2D eigenvalue weighted by atomic mass is 35.5. The molecule has 0 spiro atoms. The van der Waals surface area contributed by atoms with Gasteiger partial charge in [0.05, 0.1) is 5.69 Å². The first-order chi connectivity index (χ1) is 14.0. The number of carbonyl (C=O) groups excluding carboxylic acids is 2. The predicted octanol–water partition coefficient (Wildman–Crippen LogP) is 5.64. The smallest absolute Gasteiger partial charge is 0.283 e. The number of nitrogens with zero attached hydrogens (tertiary/aromatic N) is 1. The molecule has 1 N–H and O–H groups in total. The van der Waals surface area contributed by atoms with Crippen LogP contribution in [0.4, 0.5) is 11.4 Å². The van der Waals surface area contributed by atoms with Crippen LogP contribution in [-0.4, -0.2) is 11.8 Å². The quantitative estimate of drug-likeness (QED) is 0.543. The van der Waals surface area contributed by atoms with Crippen LogP contribution in [0.3, 0.4) is 0 Å². The third-order valence-electron chi connectivity index (χ3n) is 4.47. The van der Waals surface area contributed by atoms with Crippen LogP contribution in [0.25, 0.3) is 0 Å². The second kappa shape index (κ2) is 8.15. The van der Waals surface area contributed by atoms with E-state index in [1.165, 1.54) is 16.7 Å². The Labute approximate surface area is 178 Å². The van der Waals surface area contributed by atoms with Gasteiger partial charge >= 0.3 is 0 Å². The zero-order valence-electron chi connectivity index (χ0n) is 15.6. The van der Waals surface area contributed by atoms with Crippen molar-refractivity contribution < 1.29 is 9.59 Å². The summed E-state index contributed by atoms with van der Waals surface area (Å²) in [6, 6.07) is 23.8. The maximum Gasteiger partial charge on any atom is 0.283 e. The third-order valence-corrected chi connectivity index (χ3v) is 5.79. The molecule has 1 aliphatic rings. The topological polar surface area (TPSA) is 49.4 Å². The van der Waals surface area contributed by atoms with Crippen LogP contribution >= 0.6 is 23.4 Å². The molecule has 6 heteroatoms. The van der Waals surface area contributed by atoms with Crippen molar-refractivity contribution >= 4 is 46.6 Å². The molecule has 0 fully saturated rings. The van der Waals surface area contributed by atoms with Gasteiger partial charge in [-0.1, -0.05) is 59.8 Å². The van der Waals surface area contributed by atoms with E-state index in [9.17, 15) is 9.59 Å². The molecule has 2 amide bonds. The van der Waals surface area contributed by atoms with Crippen molar-refractivity contribution in [2.45, 2.75) is 11.8 Å². The van der Waals surface area contributed by atoms with E-state index in [0.717, 1.165) is 16.1 Å². The molecule has 0 atom stereocenters. The zero-order valence-corrected chi connectivity index (χ0v) is 17.1. The number of thioether (sulfide) groups is 1. The number of imide groups is 1. The predicted molar refractivity (Wildman–Crippen MR) is 118 cm³/mol. The van der Waals surface area contributed by atoms with E-state index in [1.54, 1.807) is 36.4 Å². The van der Waals surface area contributed by atoms with Crippen molar-refractivity contribution in [3.05, 3.63) is 100 Å². The molecule has 3 aromatic rings. The number of aryl methyl sites for hydroxylation is 1. The van der Waals surface area contributed by atoms with Crippen molar-refractivity contribution in [2.75, 3.05) is 10.2 Å². The van der Waals surface area contributed by atoms with E-state index >= 15 is 0 Å². The molecule has 0 aliphatic carbocycles. The number of nitrogens with one attached hydrogen (secondary N) is 1. The van der Waals surface area contributed by atoms with Crippen LogP contribution in [0.2, 0.25) is 5.02 Å². The molecule has 0 unspecified atom stereocenters. The summed E-state index contributed by atoms with van der Waals surface area (Å²) in [4.78, 5) is 28.9. The molecular weight excluding hydrogens is 404 g/mol. The van der Waals surface area contributed by atoms with Gasteiger partial charge in [0.25, 0.3) is 11.8 Å². The minimum atomic E-state index is -0.381. The molecular formula is C23H17ClN2O2S. The van der Waals surface area contributed by atoms with Gasteiger partial charge in [-0.05, 0) is 55.0 Å². The highest BCUT2D eigenvalue weighted by Gasteiger charge is 2.40. The molecule has 1 heterocycles. The Kier molecular flexibility index (Phi) is 5.43. The Hall–Kier alpha value is -3.02. The molecule has 1 aliphatic heterocycles. The van der Waals surface area contributed by atoms with Gasteiger partial charge in [-0.25, -0.2) is 4.90 Å². The summed E-state index contributed by atoms with van der Waals surface area (Å²) < 4.78 is 0. The van der Waals surface area contributed by atoms with Crippen molar-refractivity contribution in [1.29, 1.82) is 0 Å². The lowest BCUT2D eigenvalue weighted by Gasteiger charge is -2.15. The van der Waals surface area contributed by atoms with Gasteiger partial charge < -0.3 is 5.32 Å². The Balaban J connectivity index is 1.76. The van der Waals surface area contributed by atoms with Crippen molar-refractivity contribution in [1.82, 2.24) is 0 Å². The highest BCUT2D eigenvalue weighted by molar-refractivity contribution is 8.04. The van der Waals surface area contributed by atoms with Crippen LogP contribution in [0.15, 0.2) is 94.4 Å². The summed E-state index contributed by atoms with van der Waals surface area (Å²) >= 11 is 7.33. The monoisotopic (exact) mass is 420 g/mol. The standard InChI is InChI=1S/C23H17ClN2O2S/c1-15-14-16(24)12-13-19(15)25-20-21(29-18-10-6-3-7-11-18)23(28)26(22(20)27)17-8-4-2-5-9-17/h2-14,25H,1H3. The van der Waals surface area contributed by atoms with E-state index < -0.39 is 0 Å². The summed E-state index contributed by atoms with van der Waals surface area (Å²) in [7, 11) is 0. The van der Waals surface area contributed by atoms with Gasteiger partial charge in [0.1, 0.15) is 10.6 Å². The van der Waals surface area contributed by atoms with Crippen LogP contribution in [0.5, 0.6) is 0 Å². The second-order valence-electron chi connectivity index (χ2n) is 6.48. The number of carbonyl (C=O) groups is 2. The maximum absolute atomic E-state index is 13.2. The molecule has 4 rings (SSSR count). The Morgan fingerprint density at radius 1 is 0.862 bits per heavy atom. The molecule has 0 aromatic heterocycles. The summed E-state index contributed by atoms with van der Waals surface area (Å²) in [5.74, 6) is -0.724. The summed E-state index contributed by atoms with van der Waals surface area (Å²) in [5, 5.41) is 3.79. The minimum Gasteiger partial charge on any atom is -0.350 e. The fraction of sp³-hybridized carbons (Fsp3) is 0.0435. The largest absolute Gasteiger partial charge is 0.350 e.